The number of benzene rings is 1. The third-order valence-corrected chi connectivity index (χ3v) is 2.86. The topological polar surface area (TPSA) is 29.1 Å². The smallest absolute Gasteiger partial charge is 0.445 e. The van der Waals surface area contributed by atoms with E-state index in [4.69, 9.17) is 11.6 Å². The van der Waals surface area contributed by atoms with Gasteiger partial charge in [0.25, 0.3) is 5.91 Å². The minimum Gasteiger partial charge on any atom is -0.445 e. The summed E-state index contributed by atoms with van der Waals surface area (Å²) in [4.78, 5) is 11.6. The van der Waals surface area contributed by atoms with Gasteiger partial charge in [-0.25, -0.2) is 0 Å². The van der Waals surface area contributed by atoms with Gasteiger partial charge in [0, 0.05) is 6.04 Å². The van der Waals surface area contributed by atoms with Crippen molar-refractivity contribution in [3.05, 3.63) is 28.8 Å². The van der Waals surface area contributed by atoms with Crippen molar-refractivity contribution in [2.75, 3.05) is 0 Å². The van der Waals surface area contributed by atoms with Crippen LogP contribution in [-0.4, -0.2) is 18.9 Å². The third kappa shape index (κ3) is 4.25. The van der Waals surface area contributed by atoms with E-state index in [-0.39, 0.29) is 68.0 Å². The third-order valence-electron chi connectivity index (χ3n) is 2.53. The van der Waals surface area contributed by atoms with Crippen molar-refractivity contribution in [1.82, 2.24) is 5.32 Å². The van der Waals surface area contributed by atoms with Gasteiger partial charge >= 0.3 is 58.4 Å². The zero-order valence-corrected chi connectivity index (χ0v) is 13.6. The minimum atomic E-state index is -5.11. The van der Waals surface area contributed by atoms with Crippen molar-refractivity contribution >= 4 is 29.9 Å². The molecule has 1 N–H and O–H groups in total. The van der Waals surface area contributed by atoms with Crippen molar-refractivity contribution in [3.63, 3.8) is 0 Å². The molecule has 1 saturated carbocycles. The molecule has 0 atom stereocenters. The van der Waals surface area contributed by atoms with E-state index >= 15 is 0 Å². The monoisotopic (exact) mass is 301 g/mol. The normalized spacial score (nSPS) is 14.9. The van der Waals surface area contributed by atoms with E-state index in [0.29, 0.717) is 0 Å². The molecule has 0 bridgehead atoms. The van der Waals surface area contributed by atoms with E-state index in [1.807, 2.05) is 0 Å². The first kappa shape index (κ1) is 16.5. The molecular weight excluding hydrogens is 292 g/mol. The van der Waals surface area contributed by atoms with Gasteiger partial charge in [-0.15, -0.1) is 5.46 Å². The SMILES string of the molecule is O=C(NC1CC1)c1cc([B-](F)(F)F)ccc1Cl.[K+]. The van der Waals surface area contributed by atoms with Crippen LogP contribution in [0.3, 0.4) is 0 Å². The first-order chi connectivity index (χ1) is 7.88. The summed E-state index contributed by atoms with van der Waals surface area (Å²) in [5.74, 6) is -0.542. The summed E-state index contributed by atoms with van der Waals surface area (Å²) in [7, 11) is 0. The van der Waals surface area contributed by atoms with Crippen molar-refractivity contribution in [1.29, 1.82) is 0 Å². The Balaban J connectivity index is 0.00000162. The molecule has 0 saturated heterocycles. The average molecular weight is 302 g/mol. The first-order valence-electron chi connectivity index (χ1n) is 5.18. The second-order valence-electron chi connectivity index (χ2n) is 4.06. The molecule has 1 fully saturated rings. The van der Waals surface area contributed by atoms with Gasteiger partial charge in [0.05, 0.1) is 10.6 Å². The van der Waals surface area contributed by atoms with E-state index in [2.05, 4.69) is 5.32 Å². The number of amides is 1. The van der Waals surface area contributed by atoms with Gasteiger partial charge in [-0.3, -0.25) is 4.79 Å². The van der Waals surface area contributed by atoms with Crippen LogP contribution in [0.4, 0.5) is 12.9 Å². The predicted octanol–water partition coefficient (Wildman–Crippen LogP) is -0.709. The minimum absolute atomic E-state index is 0. The number of nitrogens with one attached hydrogen (secondary N) is 1. The molecule has 0 heterocycles. The van der Waals surface area contributed by atoms with Crippen molar-refractivity contribution in [3.8, 4) is 0 Å². The van der Waals surface area contributed by atoms with Crippen LogP contribution < -0.4 is 62.2 Å². The summed E-state index contributed by atoms with van der Waals surface area (Å²) in [5, 5.41) is 2.64. The number of hydrogen-bond donors (Lipinski definition) is 1. The second kappa shape index (κ2) is 6.28. The Morgan fingerprint density at radius 1 is 1.33 bits per heavy atom. The van der Waals surface area contributed by atoms with Crippen molar-refractivity contribution in [2.24, 2.45) is 0 Å². The van der Waals surface area contributed by atoms with Crippen LogP contribution in [0.1, 0.15) is 23.2 Å². The molecule has 0 aromatic heterocycles. The largest absolute Gasteiger partial charge is 1.00 e. The van der Waals surface area contributed by atoms with E-state index in [0.717, 1.165) is 31.0 Å². The van der Waals surface area contributed by atoms with Crippen LogP contribution in [0.25, 0.3) is 0 Å². The summed E-state index contributed by atoms with van der Waals surface area (Å²) in [5.41, 5.74) is -0.925. The molecule has 0 radical (unpaired) electrons. The molecule has 2 rings (SSSR count). The molecule has 1 aromatic rings. The molecular formula is C10H9BClF3KNO. The van der Waals surface area contributed by atoms with Gasteiger partial charge in [-0.1, -0.05) is 23.7 Å². The Hall–Kier alpha value is 0.471. The number of carbonyl (C=O) groups is 1. The molecule has 2 nitrogen and oxygen atoms in total. The first-order valence-corrected chi connectivity index (χ1v) is 5.56. The molecule has 1 aromatic carbocycles. The van der Waals surface area contributed by atoms with Crippen LogP contribution in [0, 0.1) is 0 Å². The fraction of sp³-hybridized carbons (Fsp3) is 0.300. The van der Waals surface area contributed by atoms with Crippen LogP contribution in [0.5, 0.6) is 0 Å². The maximum absolute atomic E-state index is 12.5. The standard InChI is InChI=1S/C10H9BClF3NO.K/c12-9-4-1-6(11(13,14)15)5-8(9)10(17)16-7-2-3-7;/h1,4-5,7H,2-3H2,(H,16,17);/q-1;+1. The van der Waals surface area contributed by atoms with E-state index in [1.54, 1.807) is 0 Å². The van der Waals surface area contributed by atoms with E-state index in [9.17, 15) is 17.7 Å². The fourth-order valence-electron chi connectivity index (χ4n) is 1.41. The Morgan fingerprint density at radius 2 is 1.94 bits per heavy atom. The van der Waals surface area contributed by atoms with Crippen molar-refractivity contribution < 1.29 is 69.1 Å². The Bertz CT molecular complexity index is 465. The molecule has 1 aliphatic rings. The van der Waals surface area contributed by atoms with Crippen molar-refractivity contribution in [2.45, 2.75) is 18.9 Å². The molecule has 1 amide bonds. The number of halogens is 4. The summed E-state index contributed by atoms with van der Waals surface area (Å²) >= 11 is 5.72. The molecule has 0 aliphatic heterocycles. The van der Waals surface area contributed by atoms with Gasteiger partial charge in [-0.05, 0) is 18.9 Å². The van der Waals surface area contributed by atoms with Gasteiger partial charge in [0.1, 0.15) is 0 Å². The zero-order chi connectivity index (χ0) is 12.6. The molecule has 1 aliphatic carbocycles. The molecule has 18 heavy (non-hydrogen) atoms. The molecule has 0 unspecified atom stereocenters. The van der Waals surface area contributed by atoms with Crippen LogP contribution >= 0.6 is 11.6 Å². The summed E-state index contributed by atoms with van der Waals surface area (Å²) in [6.45, 7) is -5.11. The maximum Gasteiger partial charge on any atom is 1.00 e. The fourth-order valence-corrected chi connectivity index (χ4v) is 1.61. The number of rotatable bonds is 3. The van der Waals surface area contributed by atoms with E-state index in [1.165, 1.54) is 0 Å². The second-order valence-corrected chi connectivity index (χ2v) is 4.47. The van der Waals surface area contributed by atoms with Crippen LogP contribution in [-0.2, 0) is 0 Å². The molecule has 0 spiro atoms. The Morgan fingerprint density at radius 3 is 2.44 bits per heavy atom. The van der Waals surface area contributed by atoms with Crippen LogP contribution in [0.15, 0.2) is 18.2 Å². The summed E-state index contributed by atoms with van der Waals surface area (Å²) in [6, 6.07) is 2.88. The maximum atomic E-state index is 12.5. The van der Waals surface area contributed by atoms with Gasteiger partial charge in [0.2, 0.25) is 0 Å². The summed E-state index contributed by atoms with van der Waals surface area (Å²) < 4.78 is 37.6. The van der Waals surface area contributed by atoms with Gasteiger partial charge in [0.15, 0.2) is 0 Å². The number of carbonyl (C=O) groups excluding carboxylic acids is 1. The zero-order valence-electron chi connectivity index (χ0n) is 9.72. The van der Waals surface area contributed by atoms with Gasteiger partial charge in [-0.2, -0.15) is 0 Å². The van der Waals surface area contributed by atoms with E-state index < -0.39 is 18.3 Å². The predicted molar refractivity (Wildman–Crippen MR) is 60.7 cm³/mol. The van der Waals surface area contributed by atoms with Gasteiger partial charge < -0.3 is 18.3 Å². The summed E-state index contributed by atoms with van der Waals surface area (Å²) in [6.07, 6.45) is 1.73. The molecule has 92 valence electrons. The Labute approximate surface area is 150 Å². The quantitative estimate of drug-likeness (QED) is 0.735. The van der Waals surface area contributed by atoms with Crippen LogP contribution in [0.2, 0.25) is 5.02 Å². The average Bonchev–Trinajstić information content (AvgIpc) is 3.00. The molecule has 8 heteroatoms. The number of hydrogen-bond acceptors (Lipinski definition) is 1. The Kier molecular flexibility index (Phi) is 5.77.